The summed E-state index contributed by atoms with van der Waals surface area (Å²) in [5, 5.41) is 14.4. The Labute approximate surface area is 122 Å². The summed E-state index contributed by atoms with van der Waals surface area (Å²) in [7, 11) is 0. The fourth-order valence-corrected chi connectivity index (χ4v) is 3.58. The summed E-state index contributed by atoms with van der Waals surface area (Å²) < 4.78 is 6.02. The van der Waals surface area contributed by atoms with E-state index in [0.29, 0.717) is 6.42 Å². The first-order valence-electron chi connectivity index (χ1n) is 7.04. The molecule has 2 aliphatic rings. The number of benzene rings is 2. The van der Waals surface area contributed by atoms with Gasteiger partial charge in [0.1, 0.15) is 11.7 Å². The van der Waals surface area contributed by atoms with Crippen LogP contribution in [-0.2, 0) is 4.79 Å². The number of fused-ring (bicyclic) bond motifs is 6. The van der Waals surface area contributed by atoms with E-state index in [4.69, 9.17) is 4.74 Å². The average Bonchev–Trinajstić information content (AvgIpc) is 2.46. The number of ether oxygens (including phenoxy) is 1. The first-order chi connectivity index (χ1) is 10.1. The molecule has 2 bridgehead atoms. The molecule has 1 N–H and O–H groups in total. The predicted molar refractivity (Wildman–Crippen MR) is 77.6 cm³/mol. The summed E-state index contributed by atoms with van der Waals surface area (Å²) in [6.07, 6.45) is 0.623. The van der Waals surface area contributed by atoms with E-state index in [1.54, 1.807) is 0 Å². The van der Waals surface area contributed by atoms with Gasteiger partial charge in [-0.15, -0.1) is 0 Å². The second-order valence-electron chi connectivity index (χ2n) is 5.94. The Hall–Kier alpha value is -2.54. The van der Waals surface area contributed by atoms with Crippen molar-refractivity contribution >= 4 is 16.7 Å². The smallest absolute Gasteiger partial charge is 0.240 e. The molecule has 0 spiro atoms. The summed E-state index contributed by atoms with van der Waals surface area (Å²) in [5.41, 5.74) is 0.275. The number of amides is 1. The molecule has 1 saturated heterocycles. The molecule has 0 aliphatic carbocycles. The lowest BCUT2D eigenvalue weighted by atomic mass is 9.74. The van der Waals surface area contributed by atoms with Crippen LogP contribution in [0.1, 0.15) is 24.8 Å². The van der Waals surface area contributed by atoms with E-state index in [1.807, 2.05) is 43.3 Å². The van der Waals surface area contributed by atoms with Crippen LogP contribution in [0.15, 0.2) is 36.4 Å². The number of hydrogen-bond donors (Lipinski definition) is 1. The van der Waals surface area contributed by atoms with E-state index in [9.17, 15) is 10.1 Å². The lowest BCUT2D eigenvalue weighted by Crippen LogP contribution is -2.60. The molecule has 4 rings (SSSR count). The number of piperidine rings is 1. The topological polar surface area (TPSA) is 62.1 Å². The Morgan fingerprint density at radius 2 is 2.14 bits per heavy atom. The van der Waals surface area contributed by atoms with Crippen molar-refractivity contribution in [1.82, 2.24) is 5.32 Å². The molecule has 3 atom stereocenters. The Kier molecular flexibility index (Phi) is 2.32. The van der Waals surface area contributed by atoms with Crippen molar-refractivity contribution in [2.24, 2.45) is 5.92 Å². The maximum atomic E-state index is 12.2. The summed E-state index contributed by atoms with van der Waals surface area (Å²) >= 11 is 0. The minimum absolute atomic E-state index is 0.122. The van der Waals surface area contributed by atoms with Gasteiger partial charge in [0.05, 0.1) is 6.07 Å². The zero-order chi connectivity index (χ0) is 14.6. The first-order valence-corrected chi connectivity index (χ1v) is 7.04. The Morgan fingerprint density at radius 1 is 1.33 bits per heavy atom. The third-order valence-corrected chi connectivity index (χ3v) is 4.46. The lowest BCUT2D eigenvalue weighted by Gasteiger charge is -2.46. The minimum Gasteiger partial charge on any atom is -0.468 e. The van der Waals surface area contributed by atoms with Crippen LogP contribution in [0.3, 0.4) is 0 Å². The highest BCUT2D eigenvalue weighted by molar-refractivity contribution is 5.91. The Morgan fingerprint density at radius 3 is 2.95 bits per heavy atom. The molecule has 2 aliphatic heterocycles. The van der Waals surface area contributed by atoms with E-state index in [1.165, 1.54) is 0 Å². The van der Waals surface area contributed by atoms with E-state index in [2.05, 4.69) is 11.4 Å². The van der Waals surface area contributed by atoms with Crippen LogP contribution in [-0.4, -0.2) is 11.6 Å². The van der Waals surface area contributed by atoms with Gasteiger partial charge in [-0.1, -0.05) is 30.3 Å². The van der Waals surface area contributed by atoms with E-state index >= 15 is 0 Å². The molecule has 4 nitrogen and oxygen atoms in total. The van der Waals surface area contributed by atoms with Gasteiger partial charge in [-0.05, 0) is 23.8 Å². The Bertz CT molecular complexity index is 808. The van der Waals surface area contributed by atoms with Crippen LogP contribution < -0.4 is 10.1 Å². The molecule has 104 valence electrons. The number of carbonyl (C=O) groups is 1. The Balaban J connectivity index is 2.01. The molecule has 0 aromatic heterocycles. The lowest BCUT2D eigenvalue weighted by molar-refractivity contribution is -0.136. The van der Waals surface area contributed by atoms with Crippen molar-refractivity contribution < 1.29 is 9.53 Å². The molecule has 1 fully saturated rings. The van der Waals surface area contributed by atoms with Gasteiger partial charge in [0.25, 0.3) is 0 Å². The van der Waals surface area contributed by atoms with Crippen molar-refractivity contribution in [1.29, 1.82) is 5.26 Å². The third-order valence-electron chi connectivity index (χ3n) is 4.46. The normalized spacial score (nSPS) is 30.0. The molecule has 21 heavy (non-hydrogen) atoms. The van der Waals surface area contributed by atoms with Crippen LogP contribution in [0.2, 0.25) is 0 Å². The van der Waals surface area contributed by atoms with Crippen molar-refractivity contribution in [2.75, 3.05) is 0 Å². The van der Waals surface area contributed by atoms with Crippen LogP contribution >= 0.6 is 0 Å². The molecule has 0 radical (unpaired) electrons. The predicted octanol–water partition coefficient (Wildman–Crippen LogP) is 2.69. The summed E-state index contributed by atoms with van der Waals surface area (Å²) in [5.74, 6) is -0.252. The van der Waals surface area contributed by atoms with Crippen molar-refractivity contribution in [3.63, 3.8) is 0 Å². The van der Waals surface area contributed by atoms with Gasteiger partial charge in [-0.3, -0.25) is 4.79 Å². The third kappa shape index (κ3) is 1.64. The second-order valence-corrected chi connectivity index (χ2v) is 5.94. The maximum Gasteiger partial charge on any atom is 0.240 e. The molecule has 0 saturated carbocycles. The van der Waals surface area contributed by atoms with Gasteiger partial charge in [0.2, 0.25) is 5.91 Å². The zero-order valence-corrected chi connectivity index (χ0v) is 11.6. The number of carbonyl (C=O) groups excluding carboxylic acids is 1. The second kappa shape index (κ2) is 3.98. The summed E-state index contributed by atoms with van der Waals surface area (Å²) in [6.45, 7) is 1.86. The standard InChI is InChI=1S/C17H14N2O2/c1-17-8-12(13(9-18)16(20)19-17)15-11-5-3-2-4-10(11)6-7-14(15)21-17/h2-7,12-13H,8H2,1H3,(H,19,20). The van der Waals surface area contributed by atoms with E-state index in [-0.39, 0.29) is 11.8 Å². The molecule has 2 aromatic rings. The average molecular weight is 278 g/mol. The largest absolute Gasteiger partial charge is 0.468 e. The zero-order valence-electron chi connectivity index (χ0n) is 11.6. The van der Waals surface area contributed by atoms with Crippen LogP contribution in [0.4, 0.5) is 0 Å². The molecule has 4 heteroatoms. The quantitative estimate of drug-likeness (QED) is 0.806. The van der Waals surface area contributed by atoms with Crippen molar-refractivity contribution in [3.05, 3.63) is 42.0 Å². The van der Waals surface area contributed by atoms with Crippen molar-refractivity contribution in [2.45, 2.75) is 25.0 Å². The maximum absolute atomic E-state index is 12.2. The van der Waals surface area contributed by atoms with E-state index < -0.39 is 11.6 Å². The van der Waals surface area contributed by atoms with E-state index in [0.717, 1.165) is 22.1 Å². The van der Waals surface area contributed by atoms with Gasteiger partial charge in [-0.25, -0.2) is 0 Å². The fourth-order valence-electron chi connectivity index (χ4n) is 3.58. The highest BCUT2D eigenvalue weighted by atomic mass is 16.5. The number of nitrogens with zero attached hydrogens (tertiary/aromatic N) is 1. The SMILES string of the molecule is CC12CC(c3c(ccc4ccccc34)O1)C(C#N)C(=O)N2. The van der Waals surface area contributed by atoms with Crippen LogP contribution in [0.5, 0.6) is 5.75 Å². The van der Waals surface area contributed by atoms with Gasteiger partial charge >= 0.3 is 0 Å². The van der Waals surface area contributed by atoms with Crippen molar-refractivity contribution in [3.8, 4) is 11.8 Å². The van der Waals surface area contributed by atoms with Gasteiger partial charge in [0.15, 0.2) is 5.72 Å². The monoisotopic (exact) mass is 278 g/mol. The number of nitriles is 1. The highest BCUT2D eigenvalue weighted by Gasteiger charge is 2.49. The number of rotatable bonds is 0. The van der Waals surface area contributed by atoms with Gasteiger partial charge in [0, 0.05) is 17.9 Å². The number of nitrogens with one attached hydrogen (secondary N) is 1. The molecule has 2 aromatic carbocycles. The summed E-state index contributed by atoms with van der Waals surface area (Å²) in [6, 6.07) is 14.1. The molecule has 3 unspecified atom stereocenters. The molecule has 1 amide bonds. The van der Waals surface area contributed by atoms with Gasteiger partial charge in [-0.2, -0.15) is 5.26 Å². The van der Waals surface area contributed by atoms with Crippen LogP contribution in [0, 0.1) is 17.2 Å². The molecular weight excluding hydrogens is 264 g/mol. The molecule has 2 heterocycles. The fraction of sp³-hybridized carbons (Fsp3) is 0.294. The highest BCUT2D eigenvalue weighted by Crippen LogP contribution is 2.49. The first kappa shape index (κ1) is 12.2. The molecular formula is C17H14N2O2. The van der Waals surface area contributed by atoms with Gasteiger partial charge < -0.3 is 10.1 Å². The van der Waals surface area contributed by atoms with Crippen LogP contribution in [0.25, 0.3) is 10.8 Å². The summed E-state index contributed by atoms with van der Waals surface area (Å²) in [4.78, 5) is 12.2. The minimum atomic E-state index is -0.718. The number of hydrogen-bond acceptors (Lipinski definition) is 3.